The number of anilines is 1. The molecule has 31 heavy (non-hydrogen) atoms. The minimum absolute atomic E-state index is 0.101. The molecule has 0 saturated carbocycles. The van der Waals surface area contributed by atoms with Gasteiger partial charge >= 0.3 is 0 Å². The lowest BCUT2D eigenvalue weighted by molar-refractivity contribution is 0.0860. The summed E-state index contributed by atoms with van der Waals surface area (Å²) in [5.41, 5.74) is 1.81. The molecule has 8 nitrogen and oxygen atoms in total. The fourth-order valence-corrected chi connectivity index (χ4v) is 4.85. The standard InChI is InChI=1S/C22H26N4O4S/c1-13-17-20(23-10-14-6-4-8-16(28-2)18(14)29-3)25-12-26-22(17)31-19(13)21(27)24-11-15-7-5-9-30-15/h4,6,8,12,15H,5,7,9-11H2,1-3H3,(H,24,27)(H,23,25,26)/t15-/m0/s1. The van der Waals surface area contributed by atoms with Gasteiger partial charge in [0.05, 0.1) is 30.6 Å². The van der Waals surface area contributed by atoms with Crippen molar-refractivity contribution in [2.24, 2.45) is 0 Å². The van der Waals surface area contributed by atoms with Crippen molar-refractivity contribution in [1.29, 1.82) is 0 Å². The van der Waals surface area contributed by atoms with E-state index in [0.29, 0.717) is 35.3 Å². The Kier molecular flexibility index (Phi) is 6.53. The number of aromatic nitrogens is 2. The number of carbonyl (C=O) groups is 1. The zero-order chi connectivity index (χ0) is 21.8. The molecule has 1 saturated heterocycles. The Morgan fingerprint density at radius 3 is 2.90 bits per heavy atom. The van der Waals surface area contributed by atoms with Crippen molar-refractivity contribution in [1.82, 2.24) is 15.3 Å². The zero-order valence-electron chi connectivity index (χ0n) is 17.9. The number of aryl methyl sites for hydroxylation is 1. The summed E-state index contributed by atoms with van der Waals surface area (Å²) in [6, 6.07) is 5.74. The van der Waals surface area contributed by atoms with E-state index in [4.69, 9.17) is 14.2 Å². The Balaban J connectivity index is 1.55. The molecule has 9 heteroatoms. The van der Waals surface area contributed by atoms with Crippen molar-refractivity contribution in [3.05, 3.63) is 40.5 Å². The molecule has 0 spiro atoms. The molecule has 0 unspecified atom stereocenters. The second-order valence-corrected chi connectivity index (χ2v) is 8.31. The van der Waals surface area contributed by atoms with Gasteiger partial charge < -0.3 is 24.8 Å². The fourth-order valence-electron chi connectivity index (χ4n) is 3.79. The second-order valence-electron chi connectivity index (χ2n) is 7.31. The Hall–Kier alpha value is -2.91. The number of benzene rings is 1. The first kappa shape index (κ1) is 21.3. The highest BCUT2D eigenvalue weighted by Gasteiger charge is 2.22. The molecule has 0 bridgehead atoms. The van der Waals surface area contributed by atoms with Crippen LogP contribution in [0.3, 0.4) is 0 Å². The largest absolute Gasteiger partial charge is 0.493 e. The second kappa shape index (κ2) is 9.49. The Bertz CT molecular complexity index is 1080. The summed E-state index contributed by atoms with van der Waals surface area (Å²) >= 11 is 1.38. The molecule has 3 aromatic rings. The van der Waals surface area contributed by atoms with Gasteiger partial charge in [-0.2, -0.15) is 0 Å². The summed E-state index contributed by atoms with van der Waals surface area (Å²) < 4.78 is 16.5. The number of nitrogens with one attached hydrogen (secondary N) is 2. The molecule has 1 atom stereocenters. The smallest absolute Gasteiger partial charge is 0.261 e. The number of ether oxygens (including phenoxy) is 3. The highest BCUT2D eigenvalue weighted by molar-refractivity contribution is 7.20. The van der Waals surface area contributed by atoms with Gasteiger partial charge in [-0.15, -0.1) is 11.3 Å². The molecule has 1 amide bonds. The summed E-state index contributed by atoms with van der Waals surface area (Å²) in [6.45, 7) is 3.72. The van der Waals surface area contributed by atoms with E-state index in [-0.39, 0.29) is 12.0 Å². The average Bonchev–Trinajstić information content (AvgIpc) is 3.44. The summed E-state index contributed by atoms with van der Waals surface area (Å²) in [4.78, 5) is 23.0. The van der Waals surface area contributed by atoms with E-state index in [1.807, 2.05) is 25.1 Å². The van der Waals surface area contributed by atoms with Gasteiger partial charge in [-0.25, -0.2) is 9.97 Å². The topological polar surface area (TPSA) is 94.6 Å². The van der Waals surface area contributed by atoms with Crippen LogP contribution in [-0.2, 0) is 11.3 Å². The maximum Gasteiger partial charge on any atom is 0.261 e. The highest BCUT2D eigenvalue weighted by Crippen LogP contribution is 2.35. The molecule has 2 aromatic heterocycles. The van der Waals surface area contributed by atoms with E-state index >= 15 is 0 Å². The minimum Gasteiger partial charge on any atom is -0.493 e. The number of thiophene rings is 1. The van der Waals surface area contributed by atoms with Gasteiger partial charge in [0.25, 0.3) is 5.91 Å². The molecule has 164 valence electrons. The number of hydrogen-bond acceptors (Lipinski definition) is 8. The molecule has 1 fully saturated rings. The number of para-hydroxylation sites is 1. The van der Waals surface area contributed by atoms with Gasteiger partial charge in [-0.05, 0) is 31.4 Å². The molecule has 1 aromatic carbocycles. The van der Waals surface area contributed by atoms with Crippen molar-refractivity contribution >= 4 is 33.3 Å². The normalized spacial score (nSPS) is 15.8. The van der Waals surface area contributed by atoms with Crippen LogP contribution in [0, 0.1) is 6.92 Å². The van der Waals surface area contributed by atoms with Crippen LogP contribution in [-0.4, -0.2) is 49.4 Å². The van der Waals surface area contributed by atoms with E-state index in [9.17, 15) is 4.79 Å². The first-order valence-electron chi connectivity index (χ1n) is 10.2. The van der Waals surface area contributed by atoms with Crippen LogP contribution in [0.15, 0.2) is 24.5 Å². The Morgan fingerprint density at radius 2 is 2.16 bits per heavy atom. The van der Waals surface area contributed by atoms with Gasteiger partial charge in [0.15, 0.2) is 11.5 Å². The van der Waals surface area contributed by atoms with Gasteiger partial charge in [0.1, 0.15) is 17.0 Å². The number of methoxy groups -OCH3 is 2. The van der Waals surface area contributed by atoms with Gasteiger partial charge in [0, 0.05) is 25.3 Å². The van der Waals surface area contributed by atoms with Crippen LogP contribution < -0.4 is 20.1 Å². The maximum absolute atomic E-state index is 12.8. The molecular weight excluding hydrogens is 416 g/mol. The number of nitrogens with zero attached hydrogens (tertiary/aromatic N) is 2. The lowest BCUT2D eigenvalue weighted by Gasteiger charge is -2.14. The van der Waals surface area contributed by atoms with Gasteiger partial charge in [-0.3, -0.25) is 4.79 Å². The number of fused-ring (bicyclic) bond motifs is 1. The summed E-state index contributed by atoms with van der Waals surface area (Å²) in [5.74, 6) is 1.93. The van der Waals surface area contributed by atoms with Crippen molar-refractivity contribution in [3.8, 4) is 11.5 Å². The third-order valence-electron chi connectivity index (χ3n) is 5.38. The lowest BCUT2D eigenvalue weighted by Crippen LogP contribution is -2.31. The first-order valence-corrected chi connectivity index (χ1v) is 11.0. The minimum atomic E-state index is -0.101. The van der Waals surface area contributed by atoms with Crippen LogP contribution in [0.5, 0.6) is 11.5 Å². The highest BCUT2D eigenvalue weighted by atomic mass is 32.1. The predicted octanol–water partition coefficient (Wildman–Crippen LogP) is 3.54. The molecule has 0 radical (unpaired) electrons. The van der Waals surface area contributed by atoms with E-state index < -0.39 is 0 Å². The van der Waals surface area contributed by atoms with Crippen LogP contribution >= 0.6 is 11.3 Å². The van der Waals surface area contributed by atoms with Crippen LogP contribution in [0.4, 0.5) is 5.82 Å². The quantitative estimate of drug-likeness (QED) is 0.551. The molecule has 1 aliphatic heterocycles. The van der Waals surface area contributed by atoms with Crippen molar-refractivity contribution in [2.75, 3.05) is 32.7 Å². The van der Waals surface area contributed by atoms with Crippen molar-refractivity contribution < 1.29 is 19.0 Å². The zero-order valence-corrected chi connectivity index (χ0v) is 18.7. The van der Waals surface area contributed by atoms with Crippen molar-refractivity contribution in [3.63, 3.8) is 0 Å². The number of carbonyl (C=O) groups excluding carboxylic acids is 1. The van der Waals surface area contributed by atoms with E-state index in [1.54, 1.807) is 14.2 Å². The molecule has 3 heterocycles. The molecule has 1 aliphatic rings. The third kappa shape index (κ3) is 4.42. The SMILES string of the molecule is COc1cccc(CNc2ncnc3sc(C(=O)NC[C@@H]4CCCO4)c(C)c23)c1OC. The number of amides is 1. The van der Waals surface area contributed by atoms with Crippen LogP contribution in [0.25, 0.3) is 10.2 Å². The number of rotatable bonds is 8. The maximum atomic E-state index is 12.8. The summed E-state index contributed by atoms with van der Waals surface area (Å²) in [5, 5.41) is 7.22. The molecule has 4 rings (SSSR count). The Morgan fingerprint density at radius 1 is 1.29 bits per heavy atom. The fraction of sp³-hybridized carbons (Fsp3) is 0.409. The van der Waals surface area contributed by atoms with Gasteiger partial charge in [-0.1, -0.05) is 12.1 Å². The average molecular weight is 443 g/mol. The molecular formula is C22H26N4O4S. The predicted molar refractivity (Wildman–Crippen MR) is 120 cm³/mol. The molecule has 0 aliphatic carbocycles. The lowest BCUT2D eigenvalue weighted by atomic mass is 10.1. The van der Waals surface area contributed by atoms with E-state index in [0.717, 1.165) is 40.8 Å². The van der Waals surface area contributed by atoms with Crippen LogP contribution in [0.1, 0.15) is 33.6 Å². The Labute approximate surface area is 184 Å². The molecule has 2 N–H and O–H groups in total. The van der Waals surface area contributed by atoms with Gasteiger partial charge in [0.2, 0.25) is 0 Å². The number of hydrogen-bond donors (Lipinski definition) is 2. The monoisotopic (exact) mass is 442 g/mol. The summed E-state index contributed by atoms with van der Waals surface area (Å²) in [6.07, 6.45) is 3.65. The first-order chi connectivity index (χ1) is 15.1. The van der Waals surface area contributed by atoms with E-state index in [2.05, 4.69) is 20.6 Å². The van der Waals surface area contributed by atoms with Crippen molar-refractivity contribution in [2.45, 2.75) is 32.4 Å². The third-order valence-corrected chi connectivity index (χ3v) is 6.58. The van der Waals surface area contributed by atoms with E-state index in [1.165, 1.54) is 17.7 Å². The summed E-state index contributed by atoms with van der Waals surface area (Å²) in [7, 11) is 3.23. The van der Waals surface area contributed by atoms with Crippen LogP contribution in [0.2, 0.25) is 0 Å².